The van der Waals surface area contributed by atoms with Crippen LogP contribution in [0.5, 0.6) is 11.5 Å². The van der Waals surface area contributed by atoms with Crippen LogP contribution in [0.3, 0.4) is 0 Å². The monoisotopic (exact) mass is 964 g/mol. The van der Waals surface area contributed by atoms with Gasteiger partial charge in [0, 0.05) is 29.7 Å². The van der Waals surface area contributed by atoms with E-state index in [4.69, 9.17) is 9.72 Å². The standard InChI is InChI=1S/C54H35N5O.Pt/c1-37-31-53(56-35-48(37)40-19-14-30-55-34-40)59-49-25-9-8-22-46(49)47-29-28-43(33-52(47)59)60-42-21-12-20-41(32-42)57-36-58(51-27-11-10-26-50(51)57)54-44(38-15-4-2-5-16-38)23-13-24-45(54)39-17-6-3-7-18-39;/h2-31,34-35H,1H3;/q-2;. The summed E-state index contributed by atoms with van der Waals surface area (Å²) in [4.78, 5) is 9.31. The van der Waals surface area contributed by atoms with E-state index in [9.17, 15) is 0 Å². The van der Waals surface area contributed by atoms with E-state index >= 15 is 0 Å². The van der Waals surface area contributed by atoms with Gasteiger partial charge < -0.3 is 0 Å². The van der Waals surface area contributed by atoms with Crippen LogP contribution in [0.2, 0.25) is 0 Å². The fourth-order valence-corrected chi connectivity index (χ4v) is 9.52. The predicted octanol–water partition coefficient (Wildman–Crippen LogP) is 13.1. The minimum Gasteiger partial charge on any atom is -0.264 e. The van der Waals surface area contributed by atoms with Gasteiger partial charge in [-0.1, -0.05) is 18.2 Å². The third kappa shape index (κ3) is 6.44. The van der Waals surface area contributed by atoms with Gasteiger partial charge in [-0.25, -0.2) is 0 Å². The summed E-state index contributed by atoms with van der Waals surface area (Å²) in [5, 5.41) is 2.19. The molecule has 7 aromatic carbocycles. The Morgan fingerprint density at radius 2 is 1.15 bits per heavy atom. The quantitative estimate of drug-likeness (QED) is 0.143. The molecule has 0 atom stereocenters. The van der Waals surface area contributed by atoms with Gasteiger partial charge in [0.25, 0.3) is 0 Å². The van der Waals surface area contributed by atoms with Crippen LogP contribution in [0, 0.1) is 22.9 Å². The first-order chi connectivity index (χ1) is 30.1. The summed E-state index contributed by atoms with van der Waals surface area (Å²) in [6, 6.07) is 68.3. The van der Waals surface area contributed by atoms with Gasteiger partial charge in [0.05, 0.1) is 0 Å². The van der Waals surface area contributed by atoms with Crippen LogP contribution in [-0.4, -0.2) is 23.7 Å². The Balaban J connectivity index is 1.02. The van der Waals surface area contributed by atoms with E-state index in [-0.39, 0.29) is 0 Å². The van der Waals surface area contributed by atoms with Gasteiger partial charge >= 0.3 is 294 Å². The molecular formula is C54H35N5OPt-2. The molecule has 11 rings (SSSR count). The Morgan fingerprint density at radius 1 is 0.508 bits per heavy atom. The molecule has 0 N–H and O–H groups in total. The molecule has 61 heavy (non-hydrogen) atoms. The van der Waals surface area contributed by atoms with Crippen LogP contribution >= 0.6 is 0 Å². The fourth-order valence-electron chi connectivity index (χ4n) is 8.44. The second-order valence-electron chi connectivity index (χ2n) is 14.9. The smallest absolute Gasteiger partial charge is 0.264 e. The molecule has 0 amide bonds. The molecular weight excluding hydrogens is 930 g/mol. The van der Waals surface area contributed by atoms with E-state index in [1.165, 1.54) is 0 Å². The van der Waals surface area contributed by atoms with Crippen molar-refractivity contribution >= 4 is 32.8 Å². The third-order valence-corrected chi connectivity index (χ3v) is 12.2. The van der Waals surface area contributed by atoms with Crippen LogP contribution in [0.15, 0.2) is 195 Å². The number of nitrogens with zero attached hydrogens (tertiary/aromatic N) is 5. The number of fused-ring (bicyclic) bond motifs is 4. The van der Waals surface area contributed by atoms with Gasteiger partial charge in [-0.2, -0.15) is 0 Å². The van der Waals surface area contributed by atoms with Crippen molar-refractivity contribution in [3.8, 4) is 62.1 Å². The molecule has 294 valence electrons. The predicted molar refractivity (Wildman–Crippen MR) is 241 cm³/mol. The Bertz CT molecular complexity index is 3420. The number of para-hydroxylation sites is 4. The molecule has 4 heterocycles. The summed E-state index contributed by atoms with van der Waals surface area (Å²) in [7, 11) is 0. The maximum absolute atomic E-state index is 6.66. The molecule has 0 aliphatic heterocycles. The molecule has 4 aromatic heterocycles. The third-order valence-electron chi connectivity index (χ3n) is 11.2. The van der Waals surface area contributed by atoms with Gasteiger partial charge in [0.2, 0.25) is 0 Å². The number of hydrogen-bond donors (Lipinski definition) is 0. The molecule has 0 bridgehead atoms. The number of rotatable bonds is 8. The Labute approximate surface area is 363 Å². The van der Waals surface area contributed by atoms with Gasteiger partial charge in [-0.05, 0) is 18.6 Å². The second-order valence-corrected chi connectivity index (χ2v) is 15.9. The normalized spacial score (nSPS) is 11.5. The van der Waals surface area contributed by atoms with E-state index in [0.717, 1.165) is 92.8 Å². The van der Waals surface area contributed by atoms with Crippen molar-refractivity contribution in [2.24, 2.45) is 0 Å². The van der Waals surface area contributed by atoms with Gasteiger partial charge in [-0.3, -0.25) is 4.98 Å². The number of pyridine rings is 2. The zero-order valence-corrected chi connectivity index (χ0v) is 35.2. The van der Waals surface area contributed by atoms with Crippen LogP contribution in [0.1, 0.15) is 5.56 Å². The minimum absolute atomic E-state index is 0.584. The van der Waals surface area contributed by atoms with Crippen molar-refractivity contribution in [3.63, 3.8) is 0 Å². The van der Waals surface area contributed by atoms with E-state index in [2.05, 4.69) is 209 Å². The van der Waals surface area contributed by atoms with E-state index in [0.29, 0.717) is 11.5 Å². The molecule has 0 radical (unpaired) electrons. The molecule has 0 saturated heterocycles. The van der Waals surface area contributed by atoms with Crippen LogP contribution in [0.4, 0.5) is 0 Å². The van der Waals surface area contributed by atoms with Gasteiger partial charge in [0.1, 0.15) is 0 Å². The van der Waals surface area contributed by atoms with Crippen molar-refractivity contribution in [2.75, 3.05) is 0 Å². The molecule has 0 fully saturated rings. The van der Waals surface area contributed by atoms with E-state index < -0.39 is 0 Å². The van der Waals surface area contributed by atoms with Crippen LogP contribution in [0.25, 0.3) is 83.4 Å². The minimum atomic E-state index is 0.584. The summed E-state index contributed by atoms with van der Waals surface area (Å²) in [5.41, 5.74) is 13.8. The summed E-state index contributed by atoms with van der Waals surface area (Å²) in [6.07, 6.45) is 5.59. The van der Waals surface area contributed by atoms with Crippen molar-refractivity contribution in [3.05, 3.63) is 216 Å². The molecule has 0 unspecified atom stereocenters. The van der Waals surface area contributed by atoms with Gasteiger partial charge in [0.15, 0.2) is 0 Å². The molecule has 0 spiro atoms. The van der Waals surface area contributed by atoms with Crippen molar-refractivity contribution in [2.45, 2.75) is 6.92 Å². The molecule has 6 nitrogen and oxygen atoms in total. The van der Waals surface area contributed by atoms with Crippen LogP contribution < -0.4 is 4.74 Å². The van der Waals surface area contributed by atoms with Crippen molar-refractivity contribution in [1.29, 1.82) is 0 Å². The Kier molecular flexibility index (Phi) is 9.21. The average molecular weight is 965 g/mol. The first kappa shape index (κ1) is 36.7. The maximum atomic E-state index is 6.66. The molecule has 0 saturated carbocycles. The Hall–Kier alpha value is -7.40. The zero-order valence-electron chi connectivity index (χ0n) is 32.9. The Morgan fingerprint density at radius 3 is 1.85 bits per heavy atom. The molecule has 11 aromatic rings. The summed E-state index contributed by atoms with van der Waals surface area (Å²) < 4.78 is 14.5. The van der Waals surface area contributed by atoms with Gasteiger partial charge in [-0.15, -0.1) is 0 Å². The zero-order chi connectivity index (χ0) is 40.9. The van der Waals surface area contributed by atoms with E-state index in [1.54, 1.807) is 6.20 Å². The molecule has 0 aliphatic rings. The van der Waals surface area contributed by atoms with Crippen LogP contribution in [-0.2, 0) is 19.4 Å². The number of aromatic nitrogens is 5. The fraction of sp³-hybridized carbons (Fsp3) is 0.0185. The van der Waals surface area contributed by atoms with E-state index in [1.807, 2.05) is 36.7 Å². The molecule has 0 aliphatic carbocycles. The number of aryl methyl sites for hydroxylation is 1. The average Bonchev–Trinajstić information content (AvgIpc) is 3.80. The first-order valence-corrected chi connectivity index (χ1v) is 21.2. The number of imidazole rings is 1. The van der Waals surface area contributed by atoms with Crippen molar-refractivity contribution in [1.82, 2.24) is 23.7 Å². The summed E-state index contributed by atoms with van der Waals surface area (Å²) >= 11 is 2.47. The molecule has 7 heteroatoms. The number of ether oxygens (including phenoxy) is 1. The first-order valence-electron chi connectivity index (χ1n) is 20.1. The summed E-state index contributed by atoms with van der Waals surface area (Å²) in [5.74, 6) is 1.98. The topological polar surface area (TPSA) is 49.8 Å². The SMILES string of the molecule is Cc1cc(-n2c3[c-]c(Oc4[c-]c(-n5[c](=[Pt])n(-c6c(-c7ccccc7)cccc6-c6ccccc6)c6ccccc65)ccc4)ccc3c3ccccc32)ncc1-c1cccnc1. The van der Waals surface area contributed by atoms with Crippen molar-refractivity contribution < 1.29 is 24.1 Å². The number of benzene rings is 7. The number of hydrogen-bond acceptors (Lipinski definition) is 3. The second kappa shape index (κ2) is 15.3. The summed E-state index contributed by atoms with van der Waals surface area (Å²) in [6.45, 7) is 2.11.